The molecule has 0 aliphatic carbocycles. The van der Waals surface area contributed by atoms with E-state index in [9.17, 15) is 22.8 Å². The molecule has 0 saturated carbocycles. The minimum Gasteiger partial charge on any atom is -0.455 e. The Kier molecular flexibility index (Phi) is 6.41. The van der Waals surface area contributed by atoms with Crippen molar-refractivity contribution in [3.05, 3.63) is 89.5 Å². The van der Waals surface area contributed by atoms with Gasteiger partial charge in [-0.1, -0.05) is 30.2 Å². The molecule has 1 N–H and O–H groups in total. The molecular formula is C24H16F3NO3. The second-order valence-electron chi connectivity index (χ2n) is 6.46. The number of anilines is 1. The Labute approximate surface area is 176 Å². The third kappa shape index (κ3) is 5.97. The van der Waals surface area contributed by atoms with Crippen molar-refractivity contribution in [2.45, 2.75) is 13.1 Å². The summed E-state index contributed by atoms with van der Waals surface area (Å²) in [7, 11) is 0. The second kappa shape index (κ2) is 9.18. The third-order valence-electron chi connectivity index (χ3n) is 4.14. The number of ketones is 1. The van der Waals surface area contributed by atoms with Crippen molar-refractivity contribution in [3.8, 4) is 23.3 Å². The average molecular weight is 423 g/mol. The van der Waals surface area contributed by atoms with Crippen LogP contribution in [0.3, 0.4) is 0 Å². The number of Topliss-reactive ketones (excluding diaryl/α,β-unsaturated/α-hetero) is 1. The van der Waals surface area contributed by atoms with Crippen molar-refractivity contribution in [1.82, 2.24) is 0 Å². The number of halogens is 3. The topological polar surface area (TPSA) is 55.4 Å². The molecule has 31 heavy (non-hydrogen) atoms. The lowest BCUT2D eigenvalue weighted by Crippen LogP contribution is -2.09. The van der Waals surface area contributed by atoms with Crippen molar-refractivity contribution in [2.75, 3.05) is 5.32 Å². The number of alkyl halides is 3. The van der Waals surface area contributed by atoms with Crippen LogP contribution < -0.4 is 10.1 Å². The molecule has 0 bridgehead atoms. The molecular weight excluding hydrogens is 407 g/mol. The summed E-state index contributed by atoms with van der Waals surface area (Å²) < 4.78 is 43.6. The van der Waals surface area contributed by atoms with Gasteiger partial charge in [0.05, 0.1) is 11.3 Å². The van der Waals surface area contributed by atoms with E-state index in [4.69, 9.17) is 4.74 Å². The quantitative estimate of drug-likeness (QED) is 0.433. The Balaban J connectivity index is 1.73. The van der Waals surface area contributed by atoms with Gasteiger partial charge in [0.25, 0.3) is 0 Å². The SMILES string of the molecule is CC(=O)c1cccc(Oc2ccccc2NC(=O)C#Cc2ccc(C(F)(F)F)cc2)c1. The first-order valence-corrected chi connectivity index (χ1v) is 9.10. The molecule has 3 aromatic carbocycles. The maximum atomic E-state index is 12.6. The van der Waals surface area contributed by atoms with Crippen LogP contribution in [0.4, 0.5) is 18.9 Å². The van der Waals surface area contributed by atoms with E-state index in [1.54, 1.807) is 48.5 Å². The van der Waals surface area contributed by atoms with E-state index in [-0.39, 0.29) is 11.3 Å². The summed E-state index contributed by atoms with van der Waals surface area (Å²) in [5.41, 5.74) is 0.319. The summed E-state index contributed by atoms with van der Waals surface area (Å²) in [5, 5.41) is 2.59. The van der Waals surface area contributed by atoms with Crippen LogP contribution in [0.5, 0.6) is 11.5 Å². The molecule has 0 aromatic heterocycles. The predicted molar refractivity (Wildman–Crippen MR) is 110 cm³/mol. The number of hydrogen-bond acceptors (Lipinski definition) is 3. The van der Waals surface area contributed by atoms with Gasteiger partial charge in [0.15, 0.2) is 11.5 Å². The van der Waals surface area contributed by atoms with Crippen molar-refractivity contribution in [1.29, 1.82) is 0 Å². The summed E-state index contributed by atoms with van der Waals surface area (Å²) in [6, 6.07) is 17.5. The number of ether oxygens (including phenoxy) is 1. The first kappa shape index (κ1) is 21.7. The molecule has 0 unspecified atom stereocenters. The second-order valence-corrected chi connectivity index (χ2v) is 6.46. The van der Waals surface area contributed by atoms with Gasteiger partial charge in [-0.3, -0.25) is 9.59 Å². The highest BCUT2D eigenvalue weighted by molar-refractivity contribution is 6.05. The molecule has 0 spiro atoms. The van der Waals surface area contributed by atoms with Gasteiger partial charge in [-0.05, 0) is 55.5 Å². The summed E-state index contributed by atoms with van der Waals surface area (Å²) in [6.45, 7) is 1.45. The van der Waals surface area contributed by atoms with Gasteiger partial charge in [0.2, 0.25) is 0 Å². The number of benzene rings is 3. The highest BCUT2D eigenvalue weighted by atomic mass is 19.4. The lowest BCUT2D eigenvalue weighted by Gasteiger charge is -2.11. The summed E-state index contributed by atoms with van der Waals surface area (Å²) in [6.07, 6.45) is -4.43. The minimum atomic E-state index is -4.43. The number of para-hydroxylation sites is 2. The van der Waals surface area contributed by atoms with E-state index < -0.39 is 17.6 Å². The third-order valence-corrected chi connectivity index (χ3v) is 4.14. The molecule has 0 saturated heterocycles. The molecule has 0 heterocycles. The Bertz CT molecular complexity index is 1170. The van der Waals surface area contributed by atoms with Gasteiger partial charge in [0, 0.05) is 17.0 Å². The highest BCUT2D eigenvalue weighted by Gasteiger charge is 2.29. The molecule has 0 aliphatic rings. The molecule has 0 radical (unpaired) electrons. The van der Waals surface area contributed by atoms with E-state index in [0.717, 1.165) is 12.1 Å². The van der Waals surface area contributed by atoms with Gasteiger partial charge in [-0.25, -0.2) is 0 Å². The van der Waals surface area contributed by atoms with Crippen LogP contribution in [0.2, 0.25) is 0 Å². The first-order valence-electron chi connectivity index (χ1n) is 9.10. The van der Waals surface area contributed by atoms with E-state index in [1.807, 2.05) is 0 Å². The Hall–Kier alpha value is -4.05. The van der Waals surface area contributed by atoms with Crippen LogP contribution in [-0.4, -0.2) is 11.7 Å². The van der Waals surface area contributed by atoms with Crippen LogP contribution in [0.15, 0.2) is 72.8 Å². The molecule has 3 rings (SSSR count). The fourth-order valence-electron chi connectivity index (χ4n) is 2.59. The number of amides is 1. The fourth-order valence-corrected chi connectivity index (χ4v) is 2.59. The zero-order valence-corrected chi connectivity index (χ0v) is 16.3. The van der Waals surface area contributed by atoms with Gasteiger partial charge in [0.1, 0.15) is 5.75 Å². The number of carbonyl (C=O) groups excluding carboxylic acids is 2. The monoisotopic (exact) mass is 423 g/mol. The van der Waals surface area contributed by atoms with Crippen LogP contribution >= 0.6 is 0 Å². The van der Waals surface area contributed by atoms with E-state index in [2.05, 4.69) is 17.2 Å². The van der Waals surface area contributed by atoms with Crippen molar-refractivity contribution < 1.29 is 27.5 Å². The summed E-state index contributed by atoms with van der Waals surface area (Å²) in [4.78, 5) is 23.7. The van der Waals surface area contributed by atoms with Crippen LogP contribution in [0, 0.1) is 11.8 Å². The zero-order valence-electron chi connectivity index (χ0n) is 16.3. The minimum absolute atomic E-state index is 0.106. The largest absolute Gasteiger partial charge is 0.455 e. The lowest BCUT2D eigenvalue weighted by molar-refractivity contribution is -0.137. The first-order chi connectivity index (χ1) is 14.7. The number of carbonyl (C=O) groups is 2. The zero-order chi connectivity index (χ0) is 22.4. The van der Waals surface area contributed by atoms with E-state index in [0.29, 0.717) is 22.7 Å². The van der Waals surface area contributed by atoms with Crippen molar-refractivity contribution in [3.63, 3.8) is 0 Å². The Morgan fingerprint density at radius 1 is 0.935 bits per heavy atom. The molecule has 0 atom stereocenters. The molecule has 0 fully saturated rings. The van der Waals surface area contributed by atoms with Crippen molar-refractivity contribution >= 4 is 17.4 Å². The van der Waals surface area contributed by atoms with Crippen LogP contribution in [0.25, 0.3) is 0 Å². The number of rotatable bonds is 4. The summed E-state index contributed by atoms with van der Waals surface area (Å²) >= 11 is 0. The molecule has 1 amide bonds. The van der Waals surface area contributed by atoms with Gasteiger partial charge in [-0.2, -0.15) is 13.2 Å². The van der Waals surface area contributed by atoms with Crippen LogP contribution in [-0.2, 0) is 11.0 Å². The molecule has 4 nitrogen and oxygen atoms in total. The molecule has 156 valence electrons. The number of hydrogen-bond donors (Lipinski definition) is 1. The van der Waals surface area contributed by atoms with E-state index in [1.165, 1.54) is 19.1 Å². The molecule has 3 aromatic rings. The Morgan fingerprint density at radius 2 is 1.65 bits per heavy atom. The highest BCUT2D eigenvalue weighted by Crippen LogP contribution is 2.30. The molecule has 0 aliphatic heterocycles. The maximum absolute atomic E-state index is 12.6. The van der Waals surface area contributed by atoms with Gasteiger partial charge < -0.3 is 10.1 Å². The summed E-state index contributed by atoms with van der Waals surface area (Å²) in [5.74, 6) is 4.86. The average Bonchev–Trinajstić information content (AvgIpc) is 2.73. The Morgan fingerprint density at radius 3 is 2.32 bits per heavy atom. The molecule has 7 heteroatoms. The fraction of sp³-hybridized carbons (Fsp3) is 0.0833. The van der Waals surface area contributed by atoms with Gasteiger partial charge >= 0.3 is 12.1 Å². The smallest absolute Gasteiger partial charge is 0.416 e. The van der Waals surface area contributed by atoms with Crippen LogP contribution in [0.1, 0.15) is 28.4 Å². The van der Waals surface area contributed by atoms with Crippen molar-refractivity contribution in [2.24, 2.45) is 0 Å². The normalized spacial score (nSPS) is 10.6. The predicted octanol–water partition coefficient (Wildman–Crippen LogP) is 5.69. The lowest BCUT2D eigenvalue weighted by atomic mass is 10.1. The number of nitrogens with one attached hydrogen (secondary N) is 1. The van der Waals surface area contributed by atoms with Gasteiger partial charge in [-0.15, -0.1) is 0 Å². The standard InChI is InChI=1S/C24H16F3NO3/c1-16(29)18-5-4-6-20(15-18)31-22-8-3-2-7-21(22)28-23(30)14-11-17-9-12-19(13-10-17)24(25,26)27/h2-10,12-13,15H,1H3,(H,28,30). The van der Waals surface area contributed by atoms with E-state index >= 15 is 0 Å². The maximum Gasteiger partial charge on any atom is 0.416 e.